The molecule has 1 fully saturated rings. The van der Waals surface area contributed by atoms with E-state index in [1.165, 1.54) is 4.90 Å². The number of urea groups is 1. The van der Waals surface area contributed by atoms with Gasteiger partial charge in [0.1, 0.15) is 11.9 Å². The predicted molar refractivity (Wildman–Crippen MR) is 150 cm³/mol. The van der Waals surface area contributed by atoms with Gasteiger partial charge in [-0.3, -0.25) is 19.4 Å². The van der Waals surface area contributed by atoms with Crippen LogP contribution in [0.5, 0.6) is 0 Å². The maximum absolute atomic E-state index is 13.8. The quantitative estimate of drug-likeness (QED) is 0.428. The minimum Gasteiger partial charge on any atom is -0.384 e. The molecule has 39 heavy (non-hydrogen) atoms. The van der Waals surface area contributed by atoms with Crippen molar-refractivity contribution in [1.29, 1.82) is 0 Å². The molecular weight excluding hydrogens is 494 g/mol. The first-order valence-electron chi connectivity index (χ1n) is 13.2. The molecule has 1 aromatic carbocycles. The smallest absolute Gasteiger partial charge is 0.325 e. The third-order valence-corrected chi connectivity index (χ3v) is 7.41. The third-order valence-electron chi connectivity index (χ3n) is 7.41. The molecule has 0 unspecified atom stereocenters. The molecule has 4 rings (SSSR count). The first-order chi connectivity index (χ1) is 18.5. The van der Waals surface area contributed by atoms with Crippen LogP contribution in [0.1, 0.15) is 53.8 Å². The molecule has 1 aliphatic heterocycles. The Hall–Kier alpha value is -4.21. The van der Waals surface area contributed by atoms with Gasteiger partial charge in [0, 0.05) is 32.2 Å². The lowest BCUT2D eigenvalue weighted by atomic mass is 9.81. The Morgan fingerprint density at radius 1 is 1.15 bits per heavy atom. The van der Waals surface area contributed by atoms with Crippen molar-refractivity contribution in [2.45, 2.75) is 59.0 Å². The van der Waals surface area contributed by atoms with Crippen molar-refractivity contribution in [3.63, 3.8) is 0 Å². The van der Waals surface area contributed by atoms with Gasteiger partial charge in [-0.2, -0.15) is 0 Å². The highest BCUT2D eigenvalue weighted by Crippen LogP contribution is 2.33. The number of imide groups is 1. The lowest BCUT2D eigenvalue weighted by molar-refractivity contribution is -0.156. The van der Waals surface area contributed by atoms with E-state index in [0.717, 1.165) is 39.3 Å². The number of amides is 4. The van der Waals surface area contributed by atoms with Gasteiger partial charge in [-0.15, -0.1) is 0 Å². The molecule has 0 spiro atoms. The maximum Gasteiger partial charge on any atom is 0.325 e. The van der Waals surface area contributed by atoms with Crippen LogP contribution < -0.4 is 16.0 Å². The van der Waals surface area contributed by atoms with Crippen molar-refractivity contribution >= 4 is 29.6 Å². The summed E-state index contributed by atoms with van der Waals surface area (Å²) in [5.74, 6) is -0.751. The zero-order valence-electron chi connectivity index (χ0n) is 23.4. The third kappa shape index (κ3) is 5.64. The van der Waals surface area contributed by atoms with Crippen LogP contribution in [0.3, 0.4) is 0 Å². The van der Waals surface area contributed by atoms with E-state index >= 15 is 0 Å². The van der Waals surface area contributed by atoms with E-state index in [1.54, 1.807) is 37.1 Å². The average Bonchev–Trinajstić information content (AvgIpc) is 3.31. The SMILES string of the molecule is CCC[C@@H](NC(=O)N1C(=O)[C@H](Cc2cc(C)nc(N)c2)[C@H]1C(=O)N(C)c1nccn1C)c1ccc(C)c(C)c1. The highest BCUT2D eigenvalue weighted by atomic mass is 16.2. The summed E-state index contributed by atoms with van der Waals surface area (Å²) >= 11 is 0. The fourth-order valence-corrected chi connectivity index (χ4v) is 5.19. The molecule has 3 heterocycles. The number of carbonyl (C=O) groups excluding carboxylic acids is 3. The summed E-state index contributed by atoms with van der Waals surface area (Å²) in [6.07, 6.45) is 5.11. The van der Waals surface area contributed by atoms with Gasteiger partial charge in [0.15, 0.2) is 0 Å². The number of aryl methyl sites for hydroxylation is 4. The predicted octanol–water partition coefficient (Wildman–Crippen LogP) is 3.61. The van der Waals surface area contributed by atoms with Crippen molar-refractivity contribution in [3.8, 4) is 0 Å². The standard InChI is InChI=1S/C29H37N7O3/c1-7-8-23(21-10-9-17(2)18(3)13-21)33-29(39)36-25(27(38)35(6)28-31-11-12-34(28)5)22(26(36)37)15-20-14-19(4)32-24(30)16-20/h9-14,16,22-23,25H,7-8,15H2,1-6H3,(H2,30,32)(H,33,39)/t22-,23-,25+/m1/s1. The summed E-state index contributed by atoms with van der Waals surface area (Å²) in [6.45, 7) is 7.93. The molecule has 3 atom stereocenters. The molecule has 4 amide bonds. The largest absolute Gasteiger partial charge is 0.384 e. The Bertz CT molecular complexity index is 1380. The second-order valence-corrected chi connectivity index (χ2v) is 10.4. The van der Waals surface area contributed by atoms with E-state index in [4.69, 9.17) is 5.73 Å². The molecule has 0 saturated carbocycles. The number of aromatic nitrogens is 3. The number of nitrogen functional groups attached to an aromatic ring is 1. The van der Waals surface area contributed by atoms with Crippen LogP contribution in [0.4, 0.5) is 16.6 Å². The van der Waals surface area contributed by atoms with E-state index < -0.39 is 23.9 Å². The van der Waals surface area contributed by atoms with E-state index in [0.29, 0.717) is 18.2 Å². The highest BCUT2D eigenvalue weighted by molar-refractivity contribution is 6.12. The zero-order chi connectivity index (χ0) is 28.4. The Labute approximate surface area is 229 Å². The summed E-state index contributed by atoms with van der Waals surface area (Å²) in [7, 11) is 3.38. The number of likely N-dealkylation sites (N-methyl/N-ethyl adjacent to an activating group) is 1. The molecule has 0 aliphatic carbocycles. The Morgan fingerprint density at radius 3 is 2.51 bits per heavy atom. The van der Waals surface area contributed by atoms with Crippen LogP contribution in [0, 0.1) is 26.7 Å². The van der Waals surface area contributed by atoms with Gasteiger partial charge in [-0.1, -0.05) is 31.5 Å². The van der Waals surface area contributed by atoms with E-state index in [9.17, 15) is 14.4 Å². The lowest BCUT2D eigenvalue weighted by Gasteiger charge is -2.45. The molecule has 10 heteroatoms. The van der Waals surface area contributed by atoms with Crippen molar-refractivity contribution < 1.29 is 14.4 Å². The molecule has 0 bridgehead atoms. The van der Waals surface area contributed by atoms with Gasteiger partial charge in [-0.05, 0) is 68.0 Å². The summed E-state index contributed by atoms with van der Waals surface area (Å²) < 4.78 is 1.71. The molecular formula is C29H37N7O3. The second kappa shape index (κ2) is 11.3. The number of nitrogens with two attached hydrogens (primary N) is 1. The van der Waals surface area contributed by atoms with Crippen molar-refractivity contribution in [1.82, 2.24) is 24.8 Å². The topological polar surface area (TPSA) is 126 Å². The minimum absolute atomic E-state index is 0.260. The molecule has 1 saturated heterocycles. The van der Waals surface area contributed by atoms with Gasteiger partial charge in [0.2, 0.25) is 11.9 Å². The van der Waals surface area contributed by atoms with Gasteiger partial charge >= 0.3 is 6.03 Å². The maximum atomic E-state index is 13.8. The normalized spacial score (nSPS) is 17.5. The summed E-state index contributed by atoms with van der Waals surface area (Å²) in [5.41, 5.74) is 10.7. The number of hydrogen-bond donors (Lipinski definition) is 2. The van der Waals surface area contributed by atoms with Crippen molar-refractivity contribution in [2.75, 3.05) is 17.7 Å². The number of β-lactam (4-membered cyclic amide) rings is 1. The monoisotopic (exact) mass is 531 g/mol. The molecule has 3 N–H and O–H groups in total. The Balaban J connectivity index is 1.63. The second-order valence-electron chi connectivity index (χ2n) is 10.4. The fourth-order valence-electron chi connectivity index (χ4n) is 5.19. The van der Waals surface area contributed by atoms with Crippen LogP contribution in [-0.4, -0.2) is 50.4 Å². The Morgan fingerprint density at radius 2 is 1.90 bits per heavy atom. The number of anilines is 2. The van der Waals surface area contributed by atoms with Gasteiger partial charge in [-0.25, -0.2) is 14.8 Å². The number of hydrogen-bond acceptors (Lipinski definition) is 6. The van der Waals surface area contributed by atoms with Crippen LogP contribution in [0.2, 0.25) is 0 Å². The number of pyridine rings is 1. The number of carbonyl (C=O) groups is 3. The molecule has 206 valence electrons. The lowest BCUT2D eigenvalue weighted by Crippen LogP contribution is -2.70. The zero-order valence-corrected chi connectivity index (χ0v) is 23.4. The van der Waals surface area contributed by atoms with Crippen LogP contribution in [0.25, 0.3) is 0 Å². The molecule has 10 nitrogen and oxygen atoms in total. The number of nitrogens with one attached hydrogen (secondary N) is 1. The molecule has 3 aromatic rings. The summed E-state index contributed by atoms with van der Waals surface area (Å²) in [5, 5.41) is 3.03. The first kappa shape index (κ1) is 27.8. The van der Waals surface area contributed by atoms with Gasteiger partial charge in [0.25, 0.3) is 5.91 Å². The first-order valence-corrected chi connectivity index (χ1v) is 13.2. The van der Waals surface area contributed by atoms with Crippen LogP contribution in [0.15, 0.2) is 42.7 Å². The fraction of sp³-hybridized carbons (Fsp3) is 0.414. The van der Waals surface area contributed by atoms with Crippen molar-refractivity contribution in [2.24, 2.45) is 13.0 Å². The van der Waals surface area contributed by atoms with Crippen LogP contribution in [-0.2, 0) is 23.1 Å². The number of likely N-dealkylation sites (tertiary alicyclic amines) is 1. The Kier molecular flexibility index (Phi) is 8.03. The van der Waals surface area contributed by atoms with E-state index in [2.05, 4.69) is 21.4 Å². The molecule has 1 aliphatic rings. The minimum atomic E-state index is -0.990. The number of rotatable bonds is 8. The van der Waals surface area contributed by atoms with E-state index in [-0.39, 0.29) is 18.4 Å². The summed E-state index contributed by atoms with van der Waals surface area (Å²) in [4.78, 5) is 51.8. The number of imidazole rings is 1. The average molecular weight is 532 g/mol. The van der Waals surface area contributed by atoms with Crippen molar-refractivity contribution in [3.05, 3.63) is 70.7 Å². The van der Waals surface area contributed by atoms with Gasteiger partial charge in [0.05, 0.1) is 12.0 Å². The van der Waals surface area contributed by atoms with Gasteiger partial charge < -0.3 is 15.6 Å². The van der Waals surface area contributed by atoms with E-state index in [1.807, 2.05) is 45.9 Å². The summed E-state index contributed by atoms with van der Waals surface area (Å²) in [6, 6.07) is 7.76. The number of nitrogens with zero attached hydrogens (tertiary/aromatic N) is 5. The molecule has 0 radical (unpaired) electrons. The highest BCUT2D eigenvalue weighted by Gasteiger charge is 2.55. The molecule has 2 aromatic heterocycles. The van der Waals surface area contributed by atoms with Crippen LogP contribution >= 0.6 is 0 Å². The number of benzene rings is 1.